The predicted octanol–water partition coefficient (Wildman–Crippen LogP) is 3.29. The molecule has 2 heteroatoms. The molecule has 0 atom stereocenters. The number of nitrogens with two attached hydrogens (primary N) is 1. The van der Waals surface area contributed by atoms with Crippen molar-refractivity contribution in [1.82, 2.24) is 4.90 Å². The Morgan fingerprint density at radius 2 is 1.89 bits per heavy atom. The van der Waals surface area contributed by atoms with Crippen LogP contribution in [0.5, 0.6) is 0 Å². The Hall–Kier alpha value is -0.860. The standard InChI is InChI=1S/C16H28N2/c1-12(2)14-8-7-13(3)15(9-14)10-18(6)16(4,5)11-17/h7-9,12H,10-11,17H2,1-6H3. The number of nitrogens with zero attached hydrogens (tertiary/aromatic N) is 1. The largest absolute Gasteiger partial charge is 0.329 e. The molecule has 0 amide bonds. The minimum Gasteiger partial charge on any atom is -0.329 e. The van der Waals surface area contributed by atoms with Gasteiger partial charge in [-0.2, -0.15) is 0 Å². The van der Waals surface area contributed by atoms with Crippen molar-refractivity contribution < 1.29 is 0 Å². The van der Waals surface area contributed by atoms with Crippen molar-refractivity contribution >= 4 is 0 Å². The van der Waals surface area contributed by atoms with E-state index < -0.39 is 0 Å². The van der Waals surface area contributed by atoms with Crippen LogP contribution in [0.4, 0.5) is 0 Å². The molecule has 2 nitrogen and oxygen atoms in total. The molecule has 0 bridgehead atoms. The molecule has 0 aliphatic carbocycles. The summed E-state index contributed by atoms with van der Waals surface area (Å²) in [7, 11) is 2.15. The zero-order valence-corrected chi connectivity index (χ0v) is 12.7. The normalized spacial score (nSPS) is 12.5. The van der Waals surface area contributed by atoms with Crippen LogP contribution in [0, 0.1) is 6.92 Å². The lowest BCUT2D eigenvalue weighted by Gasteiger charge is -2.35. The first kappa shape index (κ1) is 15.2. The van der Waals surface area contributed by atoms with Gasteiger partial charge in [0.1, 0.15) is 0 Å². The fraction of sp³-hybridized carbons (Fsp3) is 0.625. The van der Waals surface area contributed by atoms with Crippen molar-refractivity contribution in [3.63, 3.8) is 0 Å². The summed E-state index contributed by atoms with van der Waals surface area (Å²) in [6.45, 7) is 12.7. The number of hydrogen-bond donors (Lipinski definition) is 1. The summed E-state index contributed by atoms with van der Waals surface area (Å²) >= 11 is 0. The molecule has 0 radical (unpaired) electrons. The number of hydrogen-bond acceptors (Lipinski definition) is 2. The lowest BCUT2D eigenvalue weighted by Crippen LogP contribution is -2.46. The molecule has 2 N–H and O–H groups in total. The van der Waals surface area contributed by atoms with E-state index in [0.717, 1.165) is 6.54 Å². The molecule has 0 heterocycles. The Kier molecular flexibility index (Phi) is 4.94. The second-order valence-corrected chi connectivity index (χ2v) is 6.21. The molecule has 0 unspecified atom stereocenters. The van der Waals surface area contributed by atoms with Gasteiger partial charge in [0.05, 0.1) is 0 Å². The van der Waals surface area contributed by atoms with E-state index in [4.69, 9.17) is 5.73 Å². The van der Waals surface area contributed by atoms with Crippen LogP contribution in [0.2, 0.25) is 0 Å². The van der Waals surface area contributed by atoms with Crippen LogP contribution in [-0.4, -0.2) is 24.0 Å². The minimum absolute atomic E-state index is 0.0419. The Labute approximate surface area is 112 Å². The molecule has 0 aliphatic rings. The third-order valence-corrected chi connectivity index (χ3v) is 3.98. The van der Waals surface area contributed by atoms with Gasteiger partial charge in [-0.25, -0.2) is 0 Å². The number of likely N-dealkylation sites (N-methyl/N-ethyl adjacent to an activating group) is 1. The highest BCUT2D eigenvalue weighted by Gasteiger charge is 2.22. The summed E-state index contributed by atoms with van der Waals surface area (Å²) in [4.78, 5) is 2.33. The van der Waals surface area contributed by atoms with Crippen molar-refractivity contribution in [3.05, 3.63) is 34.9 Å². The van der Waals surface area contributed by atoms with Gasteiger partial charge in [0.15, 0.2) is 0 Å². The predicted molar refractivity (Wildman–Crippen MR) is 79.9 cm³/mol. The molecular weight excluding hydrogens is 220 g/mol. The second-order valence-electron chi connectivity index (χ2n) is 6.21. The van der Waals surface area contributed by atoms with Gasteiger partial charge in [-0.3, -0.25) is 4.90 Å². The highest BCUT2D eigenvalue weighted by molar-refractivity contribution is 5.32. The Bertz CT molecular complexity index is 394. The lowest BCUT2D eigenvalue weighted by atomic mass is 9.96. The molecule has 0 spiro atoms. The SMILES string of the molecule is Cc1ccc(C(C)C)cc1CN(C)C(C)(C)CN. The van der Waals surface area contributed by atoms with Gasteiger partial charge >= 0.3 is 0 Å². The average molecular weight is 248 g/mol. The van der Waals surface area contributed by atoms with Crippen molar-refractivity contribution in [2.24, 2.45) is 5.73 Å². The van der Waals surface area contributed by atoms with Gasteiger partial charge in [0.2, 0.25) is 0 Å². The number of benzene rings is 1. The average Bonchev–Trinajstić information content (AvgIpc) is 2.31. The quantitative estimate of drug-likeness (QED) is 0.866. The first-order valence-electron chi connectivity index (χ1n) is 6.78. The van der Waals surface area contributed by atoms with Gasteiger partial charge in [-0.15, -0.1) is 0 Å². The summed E-state index contributed by atoms with van der Waals surface area (Å²) in [6, 6.07) is 6.80. The van der Waals surface area contributed by atoms with Crippen molar-refractivity contribution in [3.8, 4) is 0 Å². The van der Waals surface area contributed by atoms with Crippen LogP contribution < -0.4 is 5.73 Å². The second kappa shape index (κ2) is 5.85. The fourth-order valence-electron chi connectivity index (χ4n) is 1.85. The van der Waals surface area contributed by atoms with Gasteiger partial charge < -0.3 is 5.73 Å². The Morgan fingerprint density at radius 3 is 2.39 bits per heavy atom. The van der Waals surface area contributed by atoms with Crippen LogP contribution in [0.15, 0.2) is 18.2 Å². The van der Waals surface area contributed by atoms with Crippen LogP contribution in [0.25, 0.3) is 0 Å². The molecule has 1 aromatic rings. The minimum atomic E-state index is 0.0419. The smallest absolute Gasteiger partial charge is 0.0275 e. The maximum absolute atomic E-state index is 5.84. The van der Waals surface area contributed by atoms with Crippen molar-refractivity contribution in [1.29, 1.82) is 0 Å². The molecule has 102 valence electrons. The third-order valence-electron chi connectivity index (χ3n) is 3.98. The summed E-state index contributed by atoms with van der Waals surface area (Å²) in [5.41, 5.74) is 10.1. The Morgan fingerprint density at radius 1 is 1.28 bits per heavy atom. The zero-order chi connectivity index (χ0) is 13.9. The maximum atomic E-state index is 5.84. The van der Waals surface area contributed by atoms with E-state index in [1.54, 1.807) is 0 Å². The summed E-state index contributed by atoms with van der Waals surface area (Å²) in [6.07, 6.45) is 0. The van der Waals surface area contributed by atoms with Crippen LogP contribution in [0.1, 0.15) is 50.3 Å². The van der Waals surface area contributed by atoms with E-state index in [2.05, 4.69) is 64.8 Å². The Balaban J connectivity index is 2.93. The van der Waals surface area contributed by atoms with Crippen LogP contribution in [-0.2, 0) is 6.54 Å². The molecular formula is C16H28N2. The third kappa shape index (κ3) is 3.56. The fourth-order valence-corrected chi connectivity index (χ4v) is 1.85. The monoisotopic (exact) mass is 248 g/mol. The van der Waals surface area contributed by atoms with E-state index in [-0.39, 0.29) is 5.54 Å². The van der Waals surface area contributed by atoms with Gasteiger partial charge in [0.25, 0.3) is 0 Å². The summed E-state index contributed by atoms with van der Waals surface area (Å²) in [5.74, 6) is 0.581. The van der Waals surface area contributed by atoms with Crippen LogP contribution >= 0.6 is 0 Å². The van der Waals surface area contributed by atoms with E-state index >= 15 is 0 Å². The maximum Gasteiger partial charge on any atom is 0.0275 e. The molecule has 0 saturated heterocycles. The number of aryl methyl sites for hydroxylation is 1. The van der Waals surface area contributed by atoms with Gasteiger partial charge in [-0.1, -0.05) is 32.0 Å². The summed E-state index contributed by atoms with van der Waals surface area (Å²) < 4.78 is 0. The van der Waals surface area contributed by atoms with E-state index in [1.165, 1.54) is 16.7 Å². The molecule has 1 rings (SSSR count). The summed E-state index contributed by atoms with van der Waals surface area (Å²) in [5, 5.41) is 0. The zero-order valence-electron chi connectivity index (χ0n) is 12.7. The van der Waals surface area contributed by atoms with Crippen LogP contribution in [0.3, 0.4) is 0 Å². The molecule has 0 saturated carbocycles. The van der Waals surface area contributed by atoms with Gasteiger partial charge in [0, 0.05) is 18.6 Å². The first-order chi connectivity index (χ1) is 8.27. The molecule has 0 fully saturated rings. The topological polar surface area (TPSA) is 29.3 Å². The van der Waals surface area contributed by atoms with E-state index in [0.29, 0.717) is 12.5 Å². The van der Waals surface area contributed by atoms with Crippen molar-refractivity contribution in [2.45, 2.75) is 52.6 Å². The molecule has 0 aliphatic heterocycles. The van der Waals surface area contributed by atoms with Crippen molar-refractivity contribution in [2.75, 3.05) is 13.6 Å². The lowest BCUT2D eigenvalue weighted by molar-refractivity contribution is 0.155. The van der Waals surface area contributed by atoms with E-state index in [1.807, 2.05) is 0 Å². The number of rotatable bonds is 5. The first-order valence-corrected chi connectivity index (χ1v) is 6.78. The highest BCUT2D eigenvalue weighted by Crippen LogP contribution is 2.21. The molecule has 1 aromatic carbocycles. The highest BCUT2D eigenvalue weighted by atomic mass is 15.2. The molecule has 0 aromatic heterocycles. The van der Waals surface area contributed by atoms with E-state index in [9.17, 15) is 0 Å². The van der Waals surface area contributed by atoms with Gasteiger partial charge in [-0.05, 0) is 50.4 Å². The molecule has 18 heavy (non-hydrogen) atoms.